The fourth-order valence-corrected chi connectivity index (χ4v) is 1.50. The number of hydrogen-bond acceptors (Lipinski definition) is 4. The quantitative estimate of drug-likeness (QED) is 0.754. The van der Waals surface area contributed by atoms with Crippen LogP contribution < -0.4 is 10.1 Å². The number of hydrogen-bond donors (Lipinski definition) is 1. The molecule has 14 heavy (non-hydrogen) atoms. The van der Waals surface area contributed by atoms with Crippen LogP contribution in [0.3, 0.4) is 0 Å². The van der Waals surface area contributed by atoms with Crippen LogP contribution in [0.5, 0.6) is 5.75 Å². The molecule has 0 amide bonds. The summed E-state index contributed by atoms with van der Waals surface area (Å²) in [5.41, 5.74) is 0.976. The Balaban J connectivity index is 2.13. The molecule has 1 saturated heterocycles. The van der Waals surface area contributed by atoms with Gasteiger partial charge in [0.1, 0.15) is 5.75 Å². The molecular weight excluding hydrogens is 180 g/mol. The molecule has 0 bridgehead atoms. The summed E-state index contributed by atoms with van der Waals surface area (Å²) in [5, 5.41) is 3.34. The molecule has 76 valence electrons. The lowest BCUT2D eigenvalue weighted by molar-refractivity contribution is 0.0755. The molecule has 1 aliphatic heterocycles. The van der Waals surface area contributed by atoms with Crippen LogP contribution in [0, 0.1) is 0 Å². The van der Waals surface area contributed by atoms with E-state index in [9.17, 15) is 0 Å². The zero-order valence-electron chi connectivity index (χ0n) is 8.19. The standard InChI is InChI=1S/C10H14N2O2/c1-13-8-2-3-11-9(6-8)10-7-14-5-4-12-10/h2-3,6,10,12H,4-5,7H2,1H3/t10-/m0/s1. The number of morpholine rings is 1. The number of nitrogens with zero attached hydrogens (tertiary/aromatic N) is 1. The van der Waals surface area contributed by atoms with Gasteiger partial charge in [-0.05, 0) is 6.07 Å². The fourth-order valence-electron chi connectivity index (χ4n) is 1.50. The fraction of sp³-hybridized carbons (Fsp3) is 0.500. The zero-order chi connectivity index (χ0) is 9.80. The van der Waals surface area contributed by atoms with Gasteiger partial charge in [-0.2, -0.15) is 0 Å². The Kier molecular flexibility index (Phi) is 2.96. The monoisotopic (exact) mass is 194 g/mol. The summed E-state index contributed by atoms with van der Waals surface area (Å²) >= 11 is 0. The van der Waals surface area contributed by atoms with Gasteiger partial charge in [0.05, 0.1) is 32.1 Å². The first-order valence-electron chi connectivity index (χ1n) is 4.71. The highest BCUT2D eigenvalue weighted by molar-refractivity contribution is 5.24. The normalized spacial score (nSPS) is 21.9. The van der Waals surface area contributed by atoms with Gasteiger partial charge in [0.25, 0.3) is 0 Å². The van der Waals surface area contributed by atoms with Crippen LogP contribution in [0.15, 0.2) is 18.3 Å². The second kappa shape index (κ2) is 4.39. The molecule has 1 atom stereocenters. The van der Waals surface area contributed by atoms with E-state index in [4.69, 9.17) is 9.47 Å². The third kappa shape index (κ3) is 2.02. The Morgan fingerprint density at radius 2 is 2.57 bits per heavy atom. The summed E-state index contributed by atoms with van der Waals surface area (Å²) in [6.07, 6.45) is 1.75. The smallest absolute Gasteiger partial charge is 0.122 e. The number of rotatable bonds is 2. The van der Waals surface area contributed by atoms with E-state index in [0.29, 0.717) is 6.61 Å². The highest BCUT2D eigenvalue weighted by Crippen LogP contribution is 2.17. The van der Waals surface area contributed by atoms with Crippen LogP contribution in [0.4, 0.5) is 0 Å². The van der Waals surface area contributed by atoms with Crippen LogP contribution in [0.1, 0.15) is 11.7 Å². The van der Waals surface area contributed by atoms with E-state index in [-0.39, 0.29) is 6.04 Å². The lowest BCUT2D eigenvalue weighted by atomic mass is 10.2. The average Bonchev–Trinajstić information content (AvgIpc) is 2.30. The zero-order valence-corrected chi connectivity index (χ0v) is 8.19. The van der Waals surface area contributed by atoms with E-state index < -0.39 is 0 Å². The molecule has 0 saturated carbocycles. The first-order valence-corrected chi connectivity index (χ1v) is 4.71. The molecule has 2 heterocycles. The first-order chi connectivity index (χ1) is 6.90. The van der Waals surface area contributed by atoms with Crippen LogP contribution in [0.25, 0.3) is 0 Å². The Bertz CT molecular complexity index is 298. The van der Waals surface area contributed by atoms with Gasteiger partial charge < -0.3 is 14.8 Å². The summed E-state index contributed by atoms with van der Waals surface area (Å²) in [7, 11) is 1.66. The minimum absolute atomic E-state index is 0.193. The molecule has 4 heteroatoms. The van der Waals surface area contributed by atoms with Crippen molar-refractivity contribution >= 4 is 0 Å². The Morgan fingerprint density at radius 3 is 3.29 bits per heavy atom. The van der Waals surface area contributed by atoms with Crippen molar-refractivity contribution in [1.82, 2.24) is 10.3 Å². The van der Waals surface area contributed by atoms with Crippen molar-refractivity contribution in [2.75, 3.05) is 26.9 Å². The molecule has 0 aromatic carbocycles. The van der Waals surface area contributed by atoms with Crippen LogP contribution in [0.2, 0.25) is 0 Å². The van der Waals surface area contributed by atoms with Crippen molar-refractivity contribution < 1.29 is 9.47 Å². The second-order valence-corrected chi connectivity index (χ2v) is 3.20. The maximum Gasteiger partial charge on any atom is 0.122 e. The van der Waals surface area contributed by atoms with Crippen molar-refractivity contribution in [2.24, 2.45) is 0 Å². The molecule has 0 spiro atoms. The molecule has 1 aromatic heterocycles. The third-order valence-corrected chi connectivity index (χ3v) is 2.27. The molecule has 1 aliphatic rings. The third-order valence-electron chi connectivity index (χ3n) is 2.27. The highest BCUT2D eigenvalue weighted by Gasteiger charge is 2.16. The van der Waals surface area contributed by atoms with E-state index in [1.165, 1.54) is 0 Å². The molecule has 0 aliphatic carbocycles. The maximum absolute atomic E-state index is 5.37. The van der Waals surface area contributed by atoms with Crippen molar-refractivity contribution in [2.45, 2.75) is 6.04 Å². The van der Waals surface area contributed by atoms with Gasteiger partial charge in [-0.1, -0.05) is 0 Å². The summed E-state index contributed by atoms with van der Waals surface area (Å²) in [6, 6.07) is 3.97. The van der Waals surface area contributed by atoms with E-state index in [2.05, 4.69) is 10.3 Å². The number of ether oxygens (including phenoxy) is 2. The molecule has 1 fully saturated rings. The molecule has 0 unspecified atom stereocenters. The predicted octanol–water partition coefficient (Wildman–Crippen LogP) is 0.751. The van der Waals surface area contributed by atoms with Crippen LogP contribution in [-0.2, 0) is 4.74 Å². The maximum atomic E-state index is 5.37. The van der Waals surface area contributed by atoms with Crippen LogP contribution >= 0.6 is 0 Å². The highest BCUT2D eigenvalue weighted by atomic mass is 16.5. The molecule has 1 aromatic rings. The lowest BCUT2D eigenvalue weighted by Crippen LogP contribution is -2.35. The molecule has 1 N–H and O–H groups in total. The van der Waals surface area contributed by atoms with Gasteiger partial charge >= 0.3 is 0 Å². The van der Waals surface area contributed by atoms with Crippen LogP contribution in [-0.4, -0.2) is 31.9 Å². The number of aromatic nitrogens is 1. The SMILES string of the molecule is COc1ccnc([C@@H]2COCCN2)c1. The minimum Gasteiger partial charge on any atom is -0.497 e. The van der Waals surface area contributed by atoms with Gasteiger partial charge in [-0.15, -0.1) is 0 Å². The van der Waals surface area contributed by atoms with Gasteiger partial charge in [0.15, 0.2) is 0 Å². The number of nitrogens with one attached hydrogen (secondary N) is 1. The summed E-state index contributed by atoms with van der Waals surface area (Å²) in [6.45, 7) is 2.34. The van der Waals surface area contributed by atoms with Crippen molar-refractivity contribution in [3.05, 3.63) is 24.0 Å². The largest absolute Gasteiger partial charge is 0.497 e. The summed E-state index contributed by atoms with van der Waals surface area (Å²) < 4.78 is 10.5. The second-order valence-electron chi connectivity index (χ2n) is 3.20. The average molecular weight is 194 g/mol. The van der Waals surface area contributed by atoms with Gasteiger partial charge in [0, 0.05) is 18.8 Å². The van der Waals surface area contributed by atoms with E-state index >= 15 is 0 Å². The van der Waals surface area contributed by atoms with Crippen molar-refractivity contribution in [3.63, 3.8) is 0 Å². The topological polar surface area (TPSA) is 43.4 Å². The Labute approximate surface area is 83.2 Å². The Hall–Kier alpha value is -1.13. The van der Waals surface area contributed by atoms with Gasteiger partial charge in [0.2, 0.25) is 0 Å². The first kappa shape index (κ1) is 9.43. The minimum atomic E-state index is 0.193. The van der Waals surface area contributed by atoms with Crippen molar-refractivity contribution in [3.8, 4) is 5.75 Å². The summed E-state index contributed by atoms with van der Waals surface area (Å²) in [5.74, 6) is 0.836. The molecule has 0 radical (unpaired) electrons. The van der Waals surface area contributed by atoms with Crippen molar-refractivity contribution in [1.29, 1.82) is 0 Å². The van der Waals surface area contributed by atoms with E-state index in [1.807, 2.05) is 12.1 Å². The lowest BCUT2D eigenvalue weighted by Gasteiger charge is -2.23. The number of methoxy groups -OCH3 is 1. The molecule has 2 rings (SSSR count). The van der Waals surface area contributed by atoms with Gasteiger partial charge in [-0.25, -0.2) is 0 Å². The summed E-state index contributed by atoms with van der Waals surface area (Å²) in [4.78, 5) is 4.29. The molecule has 4 nitrogen and oxygen atoms in total. The Morgan fingerprint density at radius 1 is 1.64 bits per heavy atom. The van der Waals surface area contributed by atoms with E-state index in [0.717, 1.165) is 24.6 Å². The van der Waals surface area contributed by atoms with Gasteiger partial charge in [-0.3, -0.25) is 4.98 Å². The van der Waals surface area contributed by atoms with E-state index in [1.54, 1.807) is 13.3 Å². The number of pyridine rings is 1. The predicted molar refractivity (Wildman–Crippen MR) is 52.4 cm³/mol. The molecular formula is C10H14N2O2.